The molecule has 57 heavy (non-hydrogen) atoms. The van der Waals surface area contributed by atoms with E-state index in [1.54, 1.807) is 0 Å². The van der Waals surface area contributed by atoms with Crippen LogP contribution in [-0.4, -0.2) is 75.8 Å². The maximum atomic E-state index is 10.8. The van der Waals surface area contributed by atoms with Gasteiger partial charge in [-0.15, -0.1) is 0 Å². The molecular weight excluding hydrogens is 735 g/mol. The predicted molar refractivity (Wildman–Crippen MR) is 214 cm³/mol. The fourth-order valence-electron chi connectivity index (χ4n) is 10.5. The summed E-state index contributed by atoms with van der Waals surface area (Å²) in [5, 5.41) is 50.8. The van der Waals surface area contributed by atoms with Gasteiger partial charge in [0, 0.05) is 0 Å². The fraction of sp³-hybridized carbons (Fsp3) is 0.696. The Morgan fingerprint density at radius 2 is 1.19 bits per heavy atom. The average Bonchev–Trinajstić information content (AvgIpc) is 3.66. The Morgan fingerprint density at radius 3 is 1.63 bits per heavy atom. The first-order chi connectivity index (χ1) is 27.1. The molecule has 0 spiro atoms. The number of rotatable bonds is 21. The summed E-state index contributed by atoms with van der Waals surface area (Å²) < 4.78 is 15.8. The van der Waals surface area contributed by atoms with Gasteiger partial charge in [-0.2, -0.15) is 0 Å². The molecule has 2 fully saturated rings. The van der Waals surface area contributed by atoms with E-state index >= 15 is 0 Å². The monoisotopic (exact) mass is 803 g/mol. The Labute approximate surface area is 362 Å². The third kappa shape index (κ3) is 13.4. The van der Waals surface area contributed by atoms with E-state index in [1.807, 2.05) is 24.3 Å². The molecule has 10 atom stereocenters. The van der Waals surface area contributed by atoms with E-state index < -0.39 is 5.97 Å². The van der Waals surface area contributed by atoms with Gasteiger partial charge in [0.2, 0.25) is 6.79 Å². The van der Waals surface area contributed by atoms with Crippen molar-refractivity contribution in [2.24, 2.45) is 35.5 Å². The molecule has 10 nitrogen and oxygen atoms in total. The van der Waals surface area contributed by atoms with Gasteiger partial charge < -0.3 is 39.7 Å². The molecule has 5 N–H and O–H groups in total. The molecular formula is C46H68NaO10+. The summed E-state index contributed by atoms with van der Waals surface area (Å²) in [6.45, 7) is 4.33. The molecule has 4 aliphatic carbocycles. The van der Waals surface area contributed by atoms with Crippen LogP contribution in [-0.2, 0) is 40.0 Å². The molecule has 2 aromatic carbocycles. The Hall–Kier alpha value is -2.18. The standard InChI is InChI=1S/2C23H34O5.Na/c1-2-3-4-7-18(25)9-10-19-20-11-16-6-5-8-23(28-15-27-14-24)21(16)12-17(20)13-22(19)26;1-2-3-4-7-17(24)9-10-18-19-11-15-6-5-8-22(28-14-23(26)27)20(15)12-16(19)13-21(18)25;/h5-6,8,14,17-20,22,25-26H,2-4,7,9-13,15H2,1H3;5-6,8,16-19,21,24-25H,2-4,7,9-14H2,1H3,(H,26,27);/q;;+1/t17-,18-,19+,20-,22+;16-,17-,18+,19-,21+;/m00./s1. The van der Waals surface area contributed by atoms with Crippen LogP contribution in [0, 0.1) is 35.5 Å². The van der Waals surface area contributed by atoms with E-state index in [4.69, 9.17) is 14.6 Å². The van der Waals surface area contributed by atoms with Gasteiger partial charge >= 0.3 is 35.5 Å². The van der Waals surface area contributed by atoms with Crippen molar-refractivity contribution in [1.82, 2.24) is 0 Å². The van der Waals surface area contributed by atoms with Crippen molar-refractivity contribution in [3.8, 4) is 11.5 Å². The number of carboxylic acid groups (broad SMARTS) is 1. The molecule has 0 unspecified atom stereocenters. The number of aliphatic carboxylic acids is 1. The quantitative estimate of drug-likeness (QED) is 0.0535. The molecule has 0 radical (unpaired) electrons. The van der Waals surface area contributed by atoms with Gasteiger partial charge in [0.25, 0.3) is 6.47 Å². The number of ether oxygens (including phenoxy) is 3. The second-order valence-corrected chi connectivity index (χ2v) is 17.0. The molecule has 0 aromatic heterocycles. The summed E-state index contributed by atoms with van der Waals surface area (Å²) in [4.78, 5) is 21.2. The summed E-state index contributed by atoms with van der Waals surface area (Å²) >= 11 is 0. The fourth-order valence-corrected chi connectivity index (χ4v) is 10.5. The molecule has 6 rings (SSSR count). The summed E-state index contributed by atoms with van der Waals surface area (Å²) in [5.74, 6) is 2.72. The van der Waals surface area contributed by atoms with Crippen molar-refractivity contribution >= 4 is 12.4 Å². The van der Waals surface area contributed by atoms with E-state index in [9.17, 15) is 30.0 Å². The van der Waals surface area contributed by atoms with Gasteiger partial charge in [-0.1, -0.05) is 76.6 Å². The van der Waals surface area contributed by atoms with Gasteiger partial charge in [-0.25, -0.2) is 4.79 Å². The number of aliphatic hydroxyl groups excluding tert-OH is 4. The molecule has 0 saturated heterocycles. The van der Waals surface area contributed by atoms with Crippen molar-refractivity contribution < 1.29 is 78.9 Å². The number of hydrogen-bond donors (Lipinski definition) is 5. The van der Waals surface area contributed by atoms with Crippen LogP contribution in [0.25, 0.3) is 0 Å². The molecule has 0 bridgehead atoms. The first-order valence-electron chi connectivity index (χ1n) is 21.6. The first-order valence-corrected chi connectivity index (χ1v) is 21.6. The van der Waals surface area contributed by atoms with Crippen LogP contribution in [0.4, 0.5) is 0 Å². The Bertz CT molecular complexity index is 1520. The van der Waals surface area contributed by atoms with Crippen LogP contribution in [0.5, 0.6) is 11.5 Å². The molecule has 2 saturated carbocycles. The minimum atomic E-state index is -0.972. The van der Waals surface area contributed by atoms with Crippen LogP contribution >= 0.6 is 0 Å². The number of benzene rings is 2. The molecule has 2 aromatic rings. The van der Waals surface area contributed by atoms with Crippen molar-refractivity contribution in [2.45, 2.75) is 154 Å². The van der Waals surface area contributed by atoms with E-state index in [1.165, 1.54) is 29.5 Å². The Kier molecular flexibility index (Phi) is 20.1. The maximum absolute atomic E-state index is 10.8. The van der Waals surface area contributed by atoms with Crippen LogP contribution in [0.3, 0.4) is 0 Å². The molecule has 0 aliphatic heterocycles. The topological polar surface area (TPSA) is 163 Å². The Balaban J connectivity index is 0.000000248. The smallest absolute Gasteiger partial charge is 0.482 e. The minimum Gasteiger partial charge on any atom is -0.482 e. The van der Waals surface area contributed by atoms with Crippen LogP contribution in [0.1, 0.15) is 126 Å². The van der Waals surface area contributed by atoms with E-state index in [-0.39, 0.29) is 79.2 Å². The van der Waals surface area contributed by atoms with Crippen LogP contribution in [0.2, 0.25) is 0 Å². The molecule has 0 heterocycles. The first kappa shape index (κ1) is 47.5. The van der Waals surface area contributed by atoms with Crippen LogP contribution in [0.15, 0.2) is 36.4 Å². The third-order valence-electron chi connectivity index (χ3n) is 13.3. The van der Waals surface area contributed by atoms with E-state index in [0.29, 0.717) is 35.9 Å². The van der Waals surface area contributed by atoms with Crippen LogP contribution < -0.4 is 39.0 Å². The van der Waals surface area contributed by atoms with E-state index in [0.717, 1.165) is 114 Å². The third-order valence-corrected chi connectivity index (χ3v) is 13.3. The van der Waals surface area contributed by atoms with Gasteiger partial charge in [0.1, 0.15) is 11.5 Å². The number of carboxylic acids is 1. The van der Waals surface area contributed by atoms with E-state index in [2.05, 4.69) is 30.7 Å². The average molecular weight is 804 g/mol. The molecule has 4 aliphatic rings. The maximum Gasteiger partial charge on any atom is 1.00 e. The predicted octanol–water partition coefficient (Wildman–Crippen LogP) is 4.22. The zero-order valence-corrected chi connectivity index (χ0v) is 36.7. The number of fused-ring (bicyclic) bond motifs is 4. The van der Waals surface area contributed by atoms with Crippen molar-refractivity contribution in [2.75, 3.05) is 13.4 Å². The summed E-state index contributed by atoms with van der Waals surface area (Å²) in [6, 6.07) is 11.9. The van der Waals surface area contributed by atoms with Crippen molar-refractivity contribution in [3.05, 3.63) is 58.7 Å². The normalized spacial score (nSPS) is 26.6. The number of carbonyl (C=O) groups is 2. The SMILES string of the molecule is CCCCC[C@H](O)CC[C@@H]1[C@H]2Cc3cccc(OCC(=O)O)c3C[C@H]2C[C@H]1O.CCCCC[C@H](O)CC[C@@H]1[C@H]2Cc3cccc(OCOC=O)c3C[C@H]2C[C@H]1O.[Na+]. The zero-order chi connectivity index (χ0) is 40.0. The summed E-state index contributed by atoms with van der Waals surface area (Å²) in [7, 11) is 0. The summed E-state index contributed by atoms with van der Waals surface area (Å²) in [5.41, 5.74) is 4.78. The number of aliphatic hydroxyl groups is 4. The molecule has 0 amide bonds. The number of hydrogen-bond acceptors (Lipinski definition) is 9. The van der Waals surface area contributed by atoms with Gasteiger partial charge in [-0.3, -0.25) is 4.79 Å². The molecule has 312 valence electrons. The van der Waals surface area contributed by atoms with Crippen molar-refractivity contribution in [3.63, 3.8) is 0 Å². The second kappa shape index (κ2) is 24.2. The number of carbonyl (C=O) groups excluding carboxylic acids is 1. The largest absolute Gasteiger partial charge is 1.00 e. The van der Waals surface area contributed by atoms with Crippen molar-refractivity contribution in [1.29, 1.82) is 0 Å². The summed E-state index contributed by atoms with van der Waals surface area (Å²) in [6.07, 6.45) is 16.0. The second-order valence-electron chi connectivity index (χ2n) is 17.0. The molecule has 11 heteroatoms. The zero-order valence-electron chi connectivity index (χ0n) is 34.7. The van der Waals surface area contributed by atoms with Gasteiger partial charge in [-0.05, 0) is 147 Å². The minimum absolute atomic E-state index is 0. The number of unbranched alkanes of at least 4 members (excludes halogenated alkanes) is 4. The van der Waals surface area contributed by atoms with Gasteiger partial charge in [0.15, 0.2) is 6.61 Å². The Morgan fingerprint density at radius 1 is 0.719 bits per heavy atom. The van der Waals surface area contributed by atoms with Gasteiger partial charge in [0.05, 0.1) is 24.4 Å².